The van der Waals surface area contributed by atoms with E-state index < -0.39 is 0 Å². The second-order valence-corrected chi connectivity index (χ2v) is 16.7. The molecule has 56 heavy (non-hydrogen) atoms. The van der Waals surface area contributed by atoms with E-state index >= 15 is 0 Å². The minimum absolute atomic E-state index is 0.136. The highest BCUT2D eigenvalue weighted by molar-refractivity contribution is 7.26. The van der Waals surface area contributed by atoms with Crippen molar-refractivity contribution < 1.29 is 0 Å². The van der Waals surface area contributed by atoms with Crippen LogP contribution in [0.5, 0.6) is 0 Å². The van der Waals surface area contributed by atoms with Crippen LogP contribution in [-0.4, -0.2) is 0 Å². The van der Waals surface area contributed by atoms with Gasteiger partial charge in [0.25, 0.3) is 0 Å². The maximum atomic E-state index is 2.45. The summed E-state index contributed by atoms with van der Waals surface area (Å²) in [5.41, 5.74) is 12.7. The van der Waals surface area contributed by atoms with Gasteiger partial charge in [0.15, 0.2) is 0 Å². The minimum Gasteiger partial charge on any atom is -0.135 e. The third-order valence-electron chi connectivity index (χ3n) is 12.1. The highest BCUT2D eigenvalue weighted by atomic mass is 32.1. The van der Waals surface area contributed by atoms with Gasteiger partial charge in [-0.3, -0.25) is 0 Å². The van der Waals surface area contributed by atoms with Crippen molar-refractivity contribution in [2.75, 3.05) is 0 Å². The zero-order chi connectivity index (χ0) is 37.4. The van der Waals surface area contributed by atoms with Gasteiger partial charge in [-0.2, -0.15) is 0 Å². The molecule has 1 aliphatic carbocycles. The number of hydrogen-bond donors (Lipinski definition) is 0. The average Bonchev–Trinajstić information content (AvgIpc) is 3.74. The predicted octanol–water partition coefficient (Wildman–Crippen LogP) is 15.9. The van der Waals surface area contributed by atoms with Gasteiger partial charge in [0.05, 0.1) is 0 Å². The minimum atomic E-state index is -0.136. The monoisotopic (exact) mass is 730 g/mol. The molecular weight excluding hydrogens is 693 g/mol. The molecule has 0 N–H and O–H groups in total. The second-order valence-electron chi connectivity index (χ2n) is 15.6. The second kappa shape index (κ2) is 12.8. The van der Waals surface area contributed by atoms with Gasteiger partial charge >= 0.3 is 0 Å². The summed E-state index contributed by atoms with van der Waals surface area (Å²) >= 11 is 1.90. The van der Waals surface area contributed by atoms with Gasteiger partial charge in [-0.25, -0.2) is 0 Å². The highest BCUT2D eigenvalue weighted by Gasteiger charge is 2.37. The Morgan fingerprint density at radius 1 is 0.339 bits per heavy atom. The van der Waals surface area contributed by atoms with Gasteiger partial charge in [0, 0.05) is 25.6 Å². The largest absolute Gasteiger partial charge is 0.135 e. The van der Waals surface area contributed by atoms with Crippen LogP contribution in [0.1, 0.15) is 25.0 Å². The van der Waals surface area contributed by atoms with Crippen LogP contribution in [0.4, 0.5) is 0 Å². The molecule has 0 spiro atoms. The molecule has 0 fully saturated rings. The molecule has 0 atom stereocenters. The van der Waals surface area contributed by atoms with Crippen LogP contribution in [0.15, 0.2) is 194 Å². The molecule has 0 unspecified atom stereocenters. The Labute approximate surface area is 331 Å². The Kier molecular flexibility index (Phi) is 7.49. The van der Waals surface area contributed by atoms with Crippen LogP contribution >= 0.6 is 11.3 Å². The number of rotatable bonds is 3. The van der Waals surface area contributed by atoms with E-state index in [2.05, 4.69) is 208 Å². The molecule has 11 rings (SSSR count). The lowest BCUT2D eigenvalue weighted by atomic mass is 9.79. The van der Waals surface area contributed by atoms with Crippen molar-refractivity contribution in [3.8, 4) is 44.5 Å². The highest BCUT2D eigenvalue weighted by Crippen LogP contribution is 2.54. The third-order valence-corrected chi connectivity index (χ3v) is 13.2. The molecule has 1 heteroatoms. The van der Waals surface area contributed by atoms with Crippen LogP contribution in [-0.2, 0) is 5.41 Å². The molecule has 10 aromatic rings. The summed E-state index contributed by atoms with van der Waals surface area (Å²) in [6, 6.07) is 71.9. The lowest BCUT2D eigenvalue weighted by molar-refractivity contribution is 0.667. The van der Waals surface area contributed by atoms with E-state index in [0.717, 1.165) is 0 Å². The van der Waals surface area contributed by atoms with Crippen molar-refractivity contribution in [1.29, 1.82) is 0 Å². The average molecular weight is 731 g/mol. The molecule has 0 saturated carbocycles. The maximum absolute atomic E-state index is 2.45. The summed E-state index contributed by atoms with van der Waals surface area (Å²) < 4.78 is 2.71. The topological polar surface area (TPSA) is 0 Å². The van der Waals surface area contributed by atoms with E-state index in [-0.39, 0.29) is 5.41 Å². The van der Waals surface area contributed by atoms with Gasteiger partial charge in [0.1, 0.15) is 0 Å². The Morgan fingerprint density at radius 2 is 0.946 bits per heavy atom. The van der Waals surface area contributed by atoms with Crippen molar-refractivity contribution in [2.45, 2.75) is 19.3 Å². The first-order chi connectivity index (χ1) is 27.5. The number of hydrogen-bond acceptors (Lipinski definition) is 1. The summed E-state index contributed by atoms with van der Waals surface area (Å²) in [4.78, 5) is 0. The summed E-state index contributed by atoms with van der Waals surface area (Å²) in [5.74, 6) is 0. The van der Waals surface area contributed by atoms with E-state index in [1.54, 1.807) is 0 Å². The lowest BCUT2D eigenvalue weighted by Crippen LogP contribution is -2.15. The number of fused-ring (bicyclic) bond motifs is 11. The maximum Gasteiger partial charge on any atom is 0.0361 e. The normalized spacial score (nSPS) is 13.0. The lowest BCUT2D eigenvalue weighted by Gasteiger charge is -2.24. The molecule has 9 aromatic carbocycles. The van der Waals surface area contributed by atoms with Crippen LogP contribution < -0.4 is 0 Å². The van der Waals surface area contributed by atoms with E-state index in [1.807, 2.05) is 11.3 Å². The summed E-state index contributed by atoms with van der Waals surface area (Å²) in [7, 11) is 0. The quantitative estimate of drug-likeness (QED) is 0.170. The van der Waals surface area contributed by atoms with Crippen LogP contribution in [0.2, 0.25) is 0 Å². The Bertz CT molecular complexity index is 3280. The zero-order valence-electron chi connectivity index (χ0n) is 31.4. The van der Waals surface area contributed by atoms with Gasteiger partial charge in [-0.1, -0.05) is 184 Å². The summed E-state index contributed by atoms with van der Waals surface area (Å²) in [6.45, 7) is 4.83. The number of thiophene rings is 1. The Hall–Kier alpha value is -6.54. The first kappa shape index (κ1) is 32.9. The molecule has 0 saturated heterocycles. The van der Waals surface area contributed by atoms with Crippen molar-refractivity contribution in [1.82, 2.24) is 0 Å². The SMILES string of the molecule is CC1(C)c2ccc(-c3cccc(-c4ccccccc(-c5cccc6ccccc56)c5ccccc45)c3)cc2-c2ccc3ccc4sc5ccccc5c4c3c21. The standard InChI is InChI=1S/C55H38S/c1-55(2)49-31-28-38(34-48(49)46-30-27-36-29-32-51-53(52(36)54(46)55)47-24-11-12-26-50(47)56-51)37-17-13-18-39(33-37)41-19-5-3-4-6-21-44(45-23-10-9-22-42(41)45)43-25-14-16-35-15-7-8-20-40(35)43/h3-34H,1-2H3. The Balaban J connectivity index is 1.09. The van der Waals surface area contributed by atoms with Gasteiger partial charge in [0.2, 0.25) is 0 Å². The zero-order valence-corrected chi connectivity index (χ0v) is 32.2. The van der Waals surface area contributed by atoms with E-state index in [4.69, 9.17) is 0 Å². The molecule has 0 amide bonds. The predicted molar refractivity (Wildman–Crippen MR) is 243 cm³/mol. The molecular formula is C55H38S. The number of benzene rings is 8. The van der Waals surface area contributed by atoms with E-state index in [0.29, 0.717) is 0 Å². The fraction of sp³-hybridized carbons (Fsp3) is 0.0545. The van der Waals surface area contributed by atoms with Crippen molar-refractivity contribution in [3.63, 3.8) is 0 Å². The van der Waals surface area contributed by atoms with Gasteiger partial charge < -0.3 is 0 Å². The molecule has 0 radical (unpaired) electrons. The smallest absolute Gasteiger partial charge is 0.0361 e. The van der Waals surface area contributed by atoms with Crippen molar-refractivity contribution in [3.05, 3.63) is 205 Å². The molecule has 1 heterocycles. The Morgan fingerprint density at radius 3 is 1.80 bits per heavy atom. The van der Waals surface area contributed by atoms with Crippen LogP contribution in [0.3, 0.4) is 0 Å². The fourth-order valence-corrected chi connectivity index (χ4v) is 10.6. The molecule has 0 nitrogen and oxygen atoms in total. The van der Waals surface area contributed by atoms with E-state index in [1.165, 1.54) is 108 Å². The van der Waals surface area contributed by atoms with Crippen LogP contribution in [0.25, 0.3) is 97.0 Å². The summed E-state index contributed by atoms with van der Waals surface area (Å²) in [5, 5.41) is 10.4. The van der Waals surface area contributed by atoms with Crippen LogP contribution in [0, 0.1) is 0 Å². The summed E-state index contributed by atoms with van der Waals surface area (Å²) in [6.07, 6.45) is 0. The molecule has 1 aromatic heterocycles. The molecule has 0 bridgehead atoms. The fourth-order valence-electron chi connectivity index (χ4n) is 9.51. The van der Waals surface area contributed by atoms with Gasteiger partial charge in [-0.05, 0) is 112 Å². The van der Waals surface area contributed by atoms with E-state index in [9.17, 15) is 0 Å². The third kappa shape index (κ3) is 5.05. The molecule has 0 aliphatic heterocycles. The molecule has 264 valence electrons. The van der Waals surface area contributed by atoms with Crippen molar-refractivity contribution >= 4 is 63.8 Å². The van der Waals surface area contributed by atoms with Gasteiger partial charge in [-0.15, -0.1) is 11.3 Å². The van der Waals surface area contributed by atoms with Crippen molar-refractivity contribution in [2.24, 2.45) is 0 Å². The first-order valence-corrected chi connectivity index (χ1v) is 20.3. The molecule has 1 aliphatic rings. The first-order valence-electron chi connectivity index (χ1n) is 19.5.